The Labute approximate surface area is 215 Å². The number of nitrogens with zero attached hydrogens (tertiary/aromatic N) is 3. The van der Waals surface area contributed by atoms with Gasteiger partial charge in [0.1, 0.15) is 11.4 Å². The number of unbranched alkanes of at least 4 members (excludes halogenated alkanes) is 1. The second-order valence-corrected chi connectivity index (χ2v) is 9.76. The van der Waals surface area contributed by atoms with Gasteiger partial charge in [-0.1, -0.05) is 59.8 Å². The molecule has 0 spiro atoms. The topological polar surface area (TPSA) is 93.8 Å². The molecule has 1 aliphatic heterocycles. The molecule has 0 fully saturated rings. The molecule has 0 amide bonds. The maximum Gasteiger partial charge on any atom is 0.303 e. The van der Waals surface area contributed by atoms with E-state index in [1.165, 1.54) is 5.56 Å². The van der Waals surface area contributed by atoms with Crippen LogP contribution in [0.3, 0.4) is 0 Å². The minimum absolute atomic E-state index is 0.0921. The molecular weight excluding hydrogens is 466 g/mol. The highest BCUT2D eigenvalue weighted by atomic mass is 16.7. The van der Waals surface area contributed by atoms with Gasteiger partial charge < -0.3 is 9.94 Å². The maximum absolute atomic E-state index is 13.6. The van der Waals surface area contributed by atoms with E-state index >= 15 is 0 Å². The Kier molecular flexibility index (Phi) is 6.86. The van der Waals surface area contributed by atoms with Crippen molar-refractivity contribution in [2.24, 2.45) is 5.16 Å². The van der Waals surface area contributed by atoms with Gasteiger partial charge in [0.05, 0.1) is 22.3 Å². The molecule has 1 aliphatic rings. The first-order valence-electron chi connectivity index (χ1n) is 12.5. The second-order valence-electron chi connectivity index (χ2n) is 9.76. The van der Waals surface area contributed by atoms with Gasteiger partial charge in [0.2, 0.25) is 0 Å². The molecule has 4 aromatic rings. The molecular formula is C30H29N3O4. The number of hydrogen-bond acceptors (Lipinski definition) is 5. The van der Waals surface area contributed by atoms with E-state index in [2.05, 4.69) is 24.2 Å². The number of aromatic nitrogens is 2. The fraction of sp³-hybridized carbons (Fsp3) is 0.267. The summed E-state index contributed by atoms with van der Waals surface area (Å²) in [5.74, 6) is -0.208. The van der Waals surface area contributed by atoms with E-state index in [4.69, 9.17) is 14.9 Å². The highest BCUT2D eigenvalue weighted by molar-refractivity contribution is 6.03. The van der Waals surface area contributed by atoms with Crippen molar-refractivity contribution in [1.82, 2.24) is 9.55 Å². The Bertz CT molecular complexity index is 1510. The predicted molar refractivity (Wildman–Crippen MR) is 143 cm³/mol. The Morgan fingerprint density at radius 2 is 1.76 bits per heavy atom. The third-order valence-corrected chi connectivity index (χ3v) is 6.67. The van der Waals surface area contributed by atoms with Gasteiger partial charge in [-0.3, -0.25) is 14.2 Å². The lowest BCUT2D eigenvalue weighted by atomic mass is 9.89. The number of aliphatic carboxylic acids is 1. The molecule has 1 aromatic heterocycles. The first-order valence-corrected chi connectivity index (χ1v) is 12.5. The normalized spacial score (nSPS) is 16.9. The first kappa shape index (κ1) is 24.4. The Morgan fingerprint density at radius 3 is 2.49 bits per heavy atom. The zero-order valence-electron chi connectivity index (χ0n) is 20.8. The molecule has 1 atom stereocenters. The third kappa shape index (κ3) is 5.45. The van der Waals surface area contributed by atoms with Crippen molar-refractivity contribution >= 4 is 22.6 Å². The SMILES string of the molecule is C[C@@]1(Cc2ccccc2)CC(c2ccc3c(=O)n(-c4ccccc4)c(CCCCC(=O)O)nc3c2)=NO1. The van der Waals surface area contributed by atoms with Crippen LogP contribution in [0.1, 0.15) is 49.6 Å². The quantitative estimate of drug-likeness (QED) is 0.318. The van der Waals surface area contributed by atoms with Gasteiger partial charge in [0, 0.05) is 31.2 Å². The minimum Gasteiger partial charge on any atom is -0.481 e. The number of rotatable bonds is 9. The Balaban J connectivity index is 1.46. The number of carboxylic acids is 1. The molecule has 2 heterocycles. The fourth-order valence-electron chi connectivity index (χ4n) is 4.84. The lowest BCUT2D eigenvalue weighted by Gasteiger charge is -2.21. The maximum atomic E-state index is 13.6. The highest BCUT2D eigenvalue weighted by Crippen LogP contribution is 2.30. The molecule has 0 aliphatic carbocycles. The van der Waals surface area contributed by atoms with Gasteiger partial charge in [0.25, 0.3) is 5.56 Å². The highest BCUT2D eigenvalue weighted by Gasteiger charge is 2.35. The van der Waals surface area contributed by atoms with Crippen LogP contribution in [0.2, 0.25) is 0 Å². The smallest absolute Gasteiger partial charge is 0.303 e. The van der Waals surface area contributed by atoms with Crippen LogP contribution in [-0.4, -0.2) is 31.9 Å². The van der Waals surface area contributed by atoms with Crippen LogP contribution < -0.4 is 5.56 Å². The number of carboxylic acid groups (broad SMARTS) is 1. The Morgan fingerprint density at radius 1 is 1.03 bits per heavy atom. The summed E-state index contributed by atoms with van der Waals surface area (Å²) in [6.07, 6.45) is 3.12. The molecule has 3 aromatic carbocycles. The summed E-state index contributed by atoms with van der Waals surface area (Å²) in [6, 6.07) is 25.3. The number of benzene rings is 3. The first-order chi connectivity index (χ1) is 17.9. The van der Waals surface area contributed by atoms with E-state index in [1.807, 2.05) is 66.7 Å². The standard InChI is InChI=1S/C30H29N3O4/c1-30(19-21-10-4-2-5-11-21)20-26(32-37-30)22-16-17-24-25(18-22)31-27(14-8-9-15-28(34)35)33(29(24)36)23-12-6-3-7-13-23/h2-7,10-13,16-18H,8-9,14-15,19-20H2,1H3,(H,34,35)/t30-/m1/s1. The van der Waals surface area contributed by atoms with E-state index in [9.17, 15) is 9.59 Å². The molecule has 7 nitrogen and oxygen atoms in total. The summed E-state index contributed by atoms with van der Waals surface area (Å²) < 4.78 is 1.63. The van der Waals surface area contributed by atoms with Crippen LogP contribution in [0.5, 0.6) is 0 Å². The van der Waals surface area contributed by atoms with Crippen LogP contribution in [0.15, 0.2) is 88.8 Å². The summed E-state index contributed by atoms with van der Waals surface area (Å²) in [6.45, 7) is 2.06. The molecule has 0 unspecified atom stereocenters. The third-order valence-electron chi connectivity index (χ3n) is 6.67. The van der Waals surface area contributed by atoms with Crippen LogP contribution in [0, 0.1) is 0 Å². The van der Waals surface area contributed by atoms with Crippen LogP contribution in [0.25, 0.3) is 16.6 Å². The average molecular weight is 496 g/mol. The van der Waals surface area contributed by atoms with Crippen molar-refractivity contribution in [3.8, 4) is 5.69 Å². The van der Waals surface area contributed by atoms with Gasteiger partial charge in [-0.15, -0.1) is 0 Å². The summed E-state index contributed by atoms with van der Waals surface area (Å²) in [4.78, 5) is 35.3. The number of hydrogen-bond donors (Lipinski definition) is 1. The molecule has 0 saturated carbocycles. The number of fused-ring (bicyclic) bond motifs is 1. The van der Waals surface area contributed by atoms with Crippen molar-refractivity contribution in [3.05, 3.63) is 106 Å². The largest absolute Gasteiger partial charge is 0.481 e. The zero-order valence-corrected chi connectivity index (χ0v) is 20.8. The molecule has 188 valence electrons. The lowest BCUT2D eigenvalue weighted by molar-refractivity contribution is -0.137. The molecule has 0 bridgehead atoms. The van der Waals surface area contributed by atoms with E-state index in [-0.39, 0.29) is 12.0 Å². The zero-order chi connectivity index (χ0) is 25.8. The number of aryl methyl sites for hydroxylation is 1. The molecule has 1 N–H and O–H groups in total. The minimum atomic E-state index is -0.824. The van der Waals surface area contributed by atoms with Crippen molar-refractivity contribution in [2.75, 3.05) is 0 Å². The van der Waals surface area contributed by atoms with E-state index in [0.717, 1.165) is 23.4 Å². The van der Waals surface area contributed by atoms with Crippen molar-refractivity contribution in [2.45, 2.75) is 51.0 Å². The van der Waals surface area contributed by atoms with Crippen LogP contribution in [-0.2, 0) is 22.5 Å². The van der Waals surface area contributed by atoms with Gasteiger partial charge in [-0.2, -0.15) is 0 Å². The molecule has 5 rings (SSSR count). The van der Waals surface area contributed by atoms with Gasteiger partial charge >= 0.3 is 5.97 Å². The molecule has 0 radical (unpaired) electrons. The molecule has 7 heteroatoms. The summed E-state index contributed by atoms with van der Waals surface area (Å²) in [5, 5.41) is 13.9. The number of carbonyl (C=O) groups is 1. The fourth-order valence-corrected chi connectivity index (χ4v) is 4.84. The van der Waals surface area contributed by atoms with Crippen LogP contribution in [0.4, 0.5) is 0 Å². The number of para-hydroxylation sites is 1. The van der Waals surface area contributed by atoms with Gasteiger partial charge in [-0.05, 0) is 49.6 Å². The predicted octanol–water partition coefficient (Wildman–Crippen LogP) is 5.31. The second kappa shape index (κ2) is 10.4. The van der Waals surface area contributed by atoms with Crippen LogP contribution >= 0.6 is 0 Å². The van der Waals surface area contributed by atoms with E-state index in [1.54, 1.807) is 4.57 Å². The van der Waals surface area contributed by atoms with E-state index in [0.29, 0.717) is 42.4 Å². The number of oxime groups is 1. The van der Waals surface area contributed by atoms with Crippen molar-refractivity contribution in [1.29, 1.82) is 0 Å². The lowest BCUT2D eigenvalue weighted by Crippen LogP contribution is -2.28. The van der Waals surface area contributed by atoms with E-state index < -0.39 is 11.6 Å². The summed E-state index contributed by atoms with van der Waals surface area (Å²) >= 11 is 0. The molecule has 37 heavy (non-hydrogen) atoms. The summed E-state index contributed by atoms with van der Waals surface area (Å²) in [5.41, 5.74) is 3.66. The average Bonchev–Trinajstić information content (AvgIpc) is 3.29. The van der Waals surface area contributed by atoms with Gasteiger partial charge in [-0.25, -0.2) is 4.98 Å². The monoisotopic (exact) mass is 495 g/mol. The van der Waals surface area contributed by atoms with Gasteiger partial charge in [0.15, 0.2) is 0 Å². The summed E-state index contributed by atoms with van der Waals surface area (Å²) in [7, 11) is 0. The van der Waals surface area contributed by atoms with Crippen molar-refractivity contribution in [3.63, 3.8) is 0 Å². The molecule has 0 saturated heterocycles. The Hall–Kier alpha value is -4.26. The van der Waals surface area contributed by atoms with Crippen molar-refractivity contribution < 1.29 is 14.7 Å².